The predicted octanol–water partition coefficient (Wildman–Crippen LogP) is 5.14. The molecule has 1 atom stereocenters. The molecule has 21 heavy (non-hydrogen) atoms. The molecule has 0 saturated heterocycles. The van der Waals surface area contributed by atoms with E-state index in [-0.39, 0.29) is 6.04 Å². The van der Waals surface area contributed by atoms with Gasteiger partial charge in [-0.25, -0.2) is 0 Å². The molecule has 0 saturated carbocycles. The lowest BCUT2D eigenvalue weighted by Crippen LogP contribution is -2.23. The van der Waals surface area contributed by atoms with Crippen molar-refractivity contribution in [1.29, 1.82) is 0 Å². The van der Waals surface area contributed by atoms with Crippen LogP contribution in [0.4, 0.5) is 0 Å². The lowest BCUT2D eigenvalue weighted by atomic mass is 9.97. The minimum Gasteiger partial charge on any atom is -0.493 e. The maximum Gasteiger partial charge on any atom is 0.127 e. The highest BCUT2D eigenvalue weighted by molar-refractivity contribution is 14.1. The Morgan fingerprint density at radius 3 is 3.00 bits per heavy atom. The third kappa shape index (κ3) is 3.46. The Labute approximate surface area is 151 Å². The van der Waals surface area contributed by atoms with Gasteiger partial charge in [-0.2, -0.15) is 0 Å². The van der Waals surface area contributed by atoms with E-state index in [2.05, 4.69) is 74.3 Å². The van der Waals surface area contributed by atoms with Crippen molar-refractivity contribution >= 4 is 49.9 Å². The smallest absolute Gasteiger partial charge is 0.127 e. The van der Waals surface area contributed by atoms with Crippen LogP contribution in [0.5, 0.6) is 5.75 Å². The number of hydrogen-bond donors (Lipinski definition) is 1. The van der Waals surface area contributed by atoms with Gasteiger partial charge >= 0.3 is 0 Å². The van der Waals surface area contributed by atoms with Crippen LogP contribution >= 0.6 is 49.9 Å². The van der Waals surface area contributed by atoms with Gasteiger partial charge in [0.2, 0.25) is 0 Å². The normalized spacial score (nSPS) is 14.8. The summed E-state index contributed by atoms with van der Waals surface area (Å²) < 4.78 is 8.37. The Morgan fingerprint density at radius 2 is 2.29 bits per heavy atom. The quantitative estimate of drug-likeness (QED) is 0.602. The average molecular weight is 478 g/mol. The van der Waals surface area contributed by atoms with Gasteiger partial charge in [0.15, 0.2) is 0 Å². The van der Waals surface area contributed by atoms with Crippen molar-refractivity contribution in [2.24, 2.45) is 0 Å². The van der Waals surface area contributed by atoms with Crippen LogP contribution in [-0.2, 0) is 6.42 Å². The highest BCUT2D eigenvalue weighted by Crippen LogP contribution is 2.39. The second-order valence-corrected chi connectivity index (χ2v) is 8.87. The van der Waals surface area contributed by atoms with Crippen LogP contribution in [0.2, 0.25) is 0 Å². The number of thiophene rings is 1. The molecule has 1 aromatic heterocycles. The molecule has 1 aliphatic heterocycles. The van der Waals surface area contributed by atoms with Crippen molar-refractivity contribution in [2.45, 2.75) is 25.8 Å². The van der Waals surface area contributed by atoms with Crippen molar-refractivity contribution < 1.29 is 4.74 Å². The number of halogens is 2. The molecule has 5 heteroatoms. The molecule has 1 aliphatic rings. The third-order valence-electron chi connectivity index (χ3n) is 3.61. The van der Waals surface area contributed by atoms with Gasteiger partial charge in [-0.3, -0.25) is 0 Å². The Morgan fingerprint density at radius 1 is 1.43 bits per heavy atom. The summed E-state index contributed by atoms with van der Waals surface area (Å²) in [6.45, 7) is 3.99. The van der Waals surface area contributed by atoms with E-state index in [9.17, 15) is 0 Å². The lowest BCUT2D eigenvalue weighted by molar-refractivity contribution is 0.350. The number of nitrogens with one attached hydrogen (secondary N) is 1. The van der Waals surface area contributed by atoms with Crippen LogP contribution < -0.4 is 10.1 Å². The Kier molecular flexibility index (Phi) is 5.24. The summed E-state index contributed by atoms with van der Waals surface area (Å²) in [5, 5.41) is 5.92. The molecule has 112 valence electrons. The SMILES string of the molecule is CCCNC(c1csc(I)c1)c1cc(Br)cc2c1OCC2. The van der Waals surface area contributed by atoms with Crippen LogP contribution in [0.25, 0.3) is 0 Å². The van der Waals surface area contributed by atoms with Crippen LogP contribution in [-0.4, -0.2) is 13.2 Å². The van der Waals surface area contributed by atoms with Gasteiger partial charge in [0, 0.05) is 16.5 Å². The van der Waals surface area contributed by atoms with Crippen LogP contribution in [0.15, 0.2) is 28.1 Å². The highest BCUT2D eigenvalue weighted by Gasteiger charge is 2.24. The molecule has 0 fully saturated rings. The number of benzene rings is 1. The Bertz CT molecular complexity index is 643. The van der Waals surface area contributed by atoms with Crippen LogP contribution in [0.3, 0.4) is 0 Å². The molecule has 0 bridgehead atoms. The molecule has 0 radical (unpaired) electrons. The zero-order valence-corrected chi connectivity index (χ0v) is 16.3. The maximum atomic E-state index is 5.91. The highest BCUT2D eigenvalue weighted by atomic mass is 127. The monoisotopic (exact) mass is 477 g/mol. The molecular weight excluding hydrogens is 461 g/mol. The molecule has 1 aromatic carbocycles. The summed E-state index contributed by atoms with van der Waals surface area (Å²) in [7, 11) is 0. The minimum atomic E-state index is 0.203. The fourth-order valence-electron chi connectivity index (χ4n) is 2.68. The standard InChI is InChI=1S/C16H17BrINOS/c1-2-4-19-15(11-7-14(18)21-9-11)13-8-12(17)6-10-3-5-20-16(10)13/h6-9,15,19H,2-5H2,1H3. The van der Waals surface area contributed by atoms with Crippen LogP contribution in [0.1, 0.15) is 36.1 Å². The van der Waals surface area contributed by atoms with Crippen molar-refractivity contribution in [3.05, 3.63) is 47.6 Å². The second kappa shape index (κ2) is 6.98. The zero-order valence-electron chi connectivity index (χ0n) is 11.8. The van der Waals surface area contributed by atoms with Gasteiger partial charge in [0.05, 0.1) is 15.5 Å². The third-order valence-corrected chi connectivity index (χ3v) is 5.87. The van der Waals surface area contributed by atoms with Crippen molar-refractivity contribution in [2.75, 3.05) is 13.2 Å². The molecule has 2 nitrogen and oxygen atoms in total. The van der Waals surface area contributed by atoms with Crippen LogP contribution in [0, 0.1) is 2.88 Å². The predicted molar refractivity (Wildman–Crippen MR) is 101 cm³/mol. The van der Waals surface area contributed by atoms with E-state index in [1.807, 2.05) is 0 Å². The van der Waals surface area contributed by atoms with Crippen molar-refractivity contribution in [1.82, 2.24) is 5.32 Å². The fourth-order valence-corrected chi connectivity index (χ4v) is 4.60. The van der Waals surface area contributed by atoms with E-state index < -0.39 is 0 Å². The number of rotatable bonds is 5. The first-order chi connectivity index (χ1) is 10.2. The van der Waals surface area contributed by atoms with Gasteiger partial charge in [-0.15, -0.1) is 11.3 Å². The van der Waals surface area contributed by atoms with Gasteiger partial charge in [-0.1, -0.05) is 22.9 Å². The number of ether oxygens (including phenoxy) is 1. The first kappa shape index (κ1) is 15.8. The summed E-state index contributed by atoms with van der Waals surface area (Å²) in [6.07, 6.45) is 2.12. The van der Waals surface area contributed by atoms with Crippen molar-refractivity contribution in [3.63, 3.8) is 0 Å². The van der Waals surface area contributed by atoms with Gasteiger partial charge < -0.3 is 10.1 Å². The summed E-state index contributed by atoms with van der Waals surface area (Å²) in [6, 6.07) is 6.84. The molecule has 0 spiro atoms. The van der Waals surface area contributed by atoms with E-state index in [4.69, 9.17) is 4.74 Å². The summed E-state index contributed by atoms with van der Waals surface area (Å²) in [5.41, 5.74) is 3.89. The van der Waals surface area contributed by atoms with E-state index in [1.54, 1.807) is 11.3 Å². The molecule has 2 aromatic rings. The summed E-state index contributed by atoms with van der Waals surface area (Å²) in [4.78, 5) is 0. The number of hydrogen-bond acceptors (Lipinski definition) is 3. The van der Waals surface area contributed by atoms with Gasteiger partial charge in [0.1, 0.15) is 5.75 Å². The first-order valence-corrected chi connectivity index (χ1v) is 9.86. The largest absolute Gasteiger partial charge is 0.493 e. The van der Waals surface area contributed by atoms with Crippen molar-refractivity contribution in [3.8, 4) is 5.75 Å². The molecule has 2 heterocycles. The first-order valence-electron chi connectivity index (χ1n) is 7.11. The summed E-state index contributed by atoms with van der Waals surface area (Å²) >= 11 is 7.83. The Balaban J connectivity index is 2.04. The Hall–Kier alpha value is -0.110. The molecule has 1 unspecified atom stereocenters. The zero-order chi connectivity index (χ0) is 14.8. The summed E-state index contributed by atoms with van der Waals surface area (Å²) in [5.74, 6) is 1.08. The number of fused-ring (bicyclic) bond motifs is 1. The van der Waals surface area contributed by atoms with E-state index >= 15 is 0 Å². The lowest BCUT2D eigenvalue weighted by Gasteiger charge is -2.21. The van der Waals surface area contributed by atoms with E-state index in [0.717, 1.165) is 36.2 Å². The maximum absolute atomic E-state index is 5.91. The van der Waals surface area contributed by atoms with Gasteiger partial charge in [-0.05, 0) is 70.3 Å². The molecule has 0 aliphatic carbocycles. The van der Waals surface area contributed by atoms with E-state index in [1.165, 1.54) is 19.6 Å². The molecule has 0 amide bonds. The minimum absolute atomic E-state index is 0.203. The average Bonchev–Trinajstić information content (AvgIpc) is 3.08. The molecule has 3 rings (SSSR count). The molecular formula is C16H17BrINOS. The van der Waals surface area contributed by atoms with E-state index in [0.29, 0.717) is 0 Å². The topological polar surface area (TPSA) is 21.3 Å². The second-order valence-electron chi connectivity index (χ2n) is 5.15. The molecule has 1 N–H and O–H groups in total. The van der Waals surface area contributed by atoms with Gasteiger partial charge in [0.25, 0.3) is 0 Å². The fraction of sp³-hybridized carbons (Fsp3) is 0.375.